The number of aromatic nitrogens is 3. The molecule has 0 atom stereocenters. The van der Waals surface area contributed by atoms with Crippen LogP contribution in [0.1, 0.15) is 16.1 Å². The Morgan fingerprint density at radius 1 is 1.24 bits per heavy atom. The number of nitrogens with one attached hydrogen (secondary N) is 1. The van der Waals surface area contributed by atoms with Crippen molar-refractivity contribution in [2.24, 2.45) is 7.05 Å². The van der Waals surface area contributed by atoms with E-state index in [-0.39, 0.29) is 18.4 Å². The van der Waals surface area contributed by atoms with Crippen molar-refractivity contribution in [1.82, 2.24) is 19.2 Å². The summed E-state index contributed by atoms with van der Waals surface area (Å²) in [6.45, 7) is 2.16. The van der Waals surface area contributed by atoms with Crippen molar-refractivity contribution in [1.29, 1.82) is 0 Å². The lowest BCUT2D eigenvalue weighted by molar-refractivity contribution is -0.129. The van der Waals surface area contributed by atoms with Crippen LogP contribution in [0.3, 0.4) is 0 Å². The fourth-order valence-corrected chi connectivity index (χ4v) is 2.68. The second-order valence-corrected chi connectivity index (χ2v) is 6.32. The van der Waals surface area contributed by atoms with Crippen LogP contribution in [0.25, 0.3) is 10.9 Å². The molecule has 0 saturated carbocycles. The Kier molecular flexibility index (Phi) is 4.31. The third-order valence-corrected chi connectivity index (χ3v) is 4.12. The molecule has 130 valence electrons. The molecule has 1 N–H and O–H groups in total. The highest BCUT2D eigenvalue weighted by Gasteiger charge is 2.15. The standard InChI is InChI=1S/C18H21N5O2/c1-12-5-6-15-13(7-12)8-16(22(15)4)18(25)20-14-9-19-23(10-14)11-17(24)21(2)3/h5-10H,11H2,1-4H3,(H,20,25). The molecular weight excluding hydrogens is 318 g/mol. The van der Waals surface area contributed by atoms with Crippen molar-refractivity contribution < 1.29 is 9.59 Å². The van der Waals surface area contributed by atoms with Gasteiger partial charge in [0.25, 0.3) is 5.91 Å². The van der Waals surface area contributed by atoms with Gasteiger partial charge in [-0.05, 0) is 25.1 Å². The summed E-state index contributed by atoms with van der Waals surface area (Å²) < 4.78 is 3.37. The lowest BCUT2D eigenvalue weighted by atomic mass is 10.2. The van der Waals surface area contributed by atoms with Gasteiger partial charge in [-0.1, -0.05) is 11.6 Å². The average molecular weight is 339 g/mol. The van der Waals surface area contributed by atoms with E-state index < -0.39 is 0 Å². The minimum atomic E-state index is -0.213. The molecule has 0 aliphatic heterocycles. The SMILES string of the molecule is Cc1ccc2c(c1)cc(C(=O)Nc1cnn(CC(=O)N(C)C)c1)n2C. The molecule has 3 aromatic rings. The zero-order valence-electron chi connectivity index (χ0n) is 14.8. The summed E-state index contributed by atoms with van der Waals surface area (Å²) in [5, 5.41) is 7.97. The molecule has 0 fully saturated rings. The van der Waals surface area contributed by atoms with Crippen LogP contribution in [-0.2, 0) is 18.4 Å². The van der Waals surface area contributed by atoms with E-state index in [4.69, 9.17) is 0 Å². The predicted molar refractivity (Wildman–Crippen MR) is 96.5 cm³/mol. The number of hydrogen-bond acceptors (Lipinski definition) is 3. The molecule has 0 unspecified atom stereocenters. The third kappa shape index (κ3) is 3.40. The van der Waals surface area contributed by atoms with Crippen molar-refractivity contribution in [3.63, 3.8) is 0 Å². The van der Waals surface area contributed by atoms with E-state index in [1.165, 1.54) is 15.8 Å². The quantitative estimate of drug-likeness (QED) is 0.790. The van der Waals surface area contributed by atoms with Gasteiger partial charge in [-0.2, -0.15) is 5.10 Å². The molecule has 0 radical (unpaired) electrons. The Labute approximate surface area is 145 Å². The Morgan fingerprint density at radius 3 is 2.72 bits per heavy atom. The summed E-state index contributed by atoms with van der Waals surface area (Å²) in [6.07, 6.45) is 3.18. The molecule has 2 aromatic heterocycles. The number of anilines is 1. The molecule has 2 amide bonds. The molecule has 0 aliphatic rings. The summed E-state index contributed by atoms with van der Waals surface area (Å²) in [7, 11) is 5.25. The second-order valence-electron chi connectivity index (χ2n) is 6.32. The molecule has 3 rings (SSSR count). The average Bonchev–Trinajstić information content (AvgIpc) is 3.11. The van der Waals surface area contributed by atoms with Crippen LogP contribution in [-0.4, -0.2) is 45.2 Å². The first-order valence-electron chi connectivity index (χ1n) is 7.95. The van der Waals surface area contributed by atoms with Crippen LogP contribution in [0.5, 0.6) is 0 Å². The maximum absolute atomic E-state index is 12.6. The maximum Gasteiger partial charge on any atom is 0.272 e. The normalized spacial score (nSPS) is 10.9. The molecular formula is C18H21N5O2. The highest BCUT2D eigenvalue weighted by Crippen LogP contribution is 2.21. The fourth-order valence-electron chi connectivity index (χ4n) is 2.68. The van der Waals surface area contributed by atoms with Crippen molar-refractivity contribution in [3.05, 3.63) is 47.9 Å². The highest BCUT2D eigenvalue weighted by atomic mass is 16.2. The number of hydrogen-bond donors (Lipinski definition) is 1. The molecule has 0 spiro atoms. The van der Waals surface area contributed by atoms with Gasteiger partial charge < -0.3 is 14.8 Å². The number of benzene rings is 1. The molecule has 0 aliphatic carbocycles. The first-order chi connectivity index (χ1) is 11.8. The van der Waals surface area contributed by atoms with Gasteiger partial charge in [0.1, 0.15) is 12.2 Å². The van der Waals surface area contributed by atoms with Crippen LogP contribution < -0.4 is 5.32 Å². The van der Waals surface area contributed by atoms with Crippen molar-refractivity contribution in [2.45, 2.75) is 13.5 Å². The summed E-state index contributed by atoms with van der Waals surface area (Å²) in [5.41, 5.74) is 3.27. The lowest BCUT2D eigenvalue weighted by Crippen LogP contribution is -2.26. The fraction of sp³-hybridized carbons (Fsp3) is 0.278. The number of rotatable bonds is 4. The van der Waals surface area contributed by atoms with Gasteiger partial charge >= 0.3 is 0 Å². The summed E-state index contributed by atoms with van der Waals surface area (Å²) in [4.78, 5) is 25.8. The van der Waals surface area contributed by atoms with Gasteiger partial charge in [0.15, 0.2) is 0 Å². The molecule has 7 heteroatoms. The number of carbonyl (C=O) groups excluding carboxylic acids is 2. The number of aryl methyl sites for hydroxylation is 2. The van der Waals surface area contributed by atoms with E-state index in [9.17, 15) is 9.59 Å². The number of carbonyl (C=O) groups is 2. The zero-order valence-corrected chi connectivity index (χ0v) is 14.8. The molecule has 1 aromatic carbocycles. The number of fused-ring (bicyclic) bond motifs is 1. The van der Waals surface area contributed by atoms with Gasteiger partial charge in [-0.25, -0.2) is 0 Å². The van der Waals surface area contributed by atoms with E-state index in [1.807, 2.05) is 36.7 Å². The maximum atomic E-state index is 12.6. The van der Waals surface area contributed by atoms with Crippen LogP contribution >= 0.6 is 0 Å². The van der Waals surface area contributed by atoms with Gasteiger partial charge in [-0.15, -0.1) is 0 Å². The van der Waals surface area contributed by atoms with Crippen LogP contribution in [0.4, 0.5) is 5.69 Å². The second kappa shape index (κ2) is 6.43. The van der Waals surface area contributed by atoms with Gasteiger partial charge in [0.05, 0.1) is 11.9 Å². The Hall–Kier alpha value is -3.09. The molecule has 2 heterocycles. The molecule has 25 heavy (non-hydrogen) atoms. The van der Waals surface area contributed by atoms with Gasteiger partial charge in [-0.3, -0.25) is 14.3 Å². The van der Waals surface area contributed by atoms with E-state index >= 15 is 0 Å². The van der Waals surface area contributed by atoms with Crippen LogP contribution in [0.2, 0.25) is 0 Å². The summed E-state index contributed by atoms with van der Waals surface area (Å²) in [5.74, 6) is -0.278. The highest BCUT2D eigenvalue weighted by molar-refractivity contribution is 6.06. The molecule has 0 saturated heterocycles. The zero-order chi connectivity index (χ0) is 18.1. The lowest BCUT2D eigenvalue weighted by Gasteiger charge is -2.09. The number of nitrogens with zero attached hydrogens (tertiary/aromatic N) is 4. The van der Waals surface area contributed by atoms with Gasteiger partial charge in [0, 0.05) is 38.2 Å². The number of likely N-dealkylation sites (N-methyl/N-ethyl adjacent to an activating group) is 1. The summed E-state index contributed by atoms with van der Waals surface area (Å²) >= 11 is 0. The number of amides is 2. The molecule has 0 bridgehead atoms. The van der Waals surface area contributed by atoms with E-state index in [0.717, 1.165) is 16.5 Å². The smallest absolute Gasteiger partial charge is 0.272 e. The first-order valence-corrected chi connectivity index (χ1v) is 7.95. The van der Waals surface area contributed by atoms with Gasteiger partial charge in [0.2, 0.25) is 5.91 Å². The minimum absolute atomic E-state index is 0.0648. The minimum Gasteiger partial charge on any atom is -0.347 e. The van der Waals surface area contributed by atoms with E-state index in [1.54, 1.807) is 20.3 Å². The largest absolute Gasteiger partial charge is 0.347 e. The van der Waals surface area contributed by atoms with Crippen molar-refractivity contribution in [3.8, 4) is 0 Å². The Balaban J connectivity index is 1.78. The van der Waals surface area contributed by atoms with Crippen LogP contribution in [0.15, 0.2) is 36.7 Å². The Bertz CT molecular complexity index is 952. The van der Waals surface area contributed by atoms with Crippen molar-refractivity contribution in [2.75, 3.05) is 19.4 Å². The van der Waals surface area contributed by atoms with Crippen LogP contribution in [0, 0.1) is 6.92 Å². The molecule has 7 nitrogen and oxygen atoms in total. The topological polar surface area (TPSA) is 72.2 Å². The summed E-state index contributed by atoms with van der Waals surface area (Å²) in [6, 6.07) is 7.96. The van der Waals surface area contributed by atoms with E-state index in [2.05, 4.69) is 16.5 Å². The third-order valence-electron chi connectivity index (χ3n) is 4.12. The van der Waals surface area contributed by atoms with Crippen molar-refractivity contribution >= 4 is 28.4 Å². The predicted octanol–water partition coefficient (Wildman–Crippen LogP) is 2.02. The van der Waals surface area contributed by atoms with E-state index in [0.29, 0.717) is 11.4 Å². The first kappa shape index (κ1) is 16.8. The monoisotopic (exact) mass is 339 g/mol. The Morgan fingerprint density at radius 2 is 2.00 bits per heavy atom.